The van der Waals surface area contributed by atoms with Crippen molar-refractivity contribution < 1.29 is 13.7 Å². The van der Waals surface area contributed by atoms with Crippen LogP contribution in [-0.2, 0) is 22.3 Å². The lowest BCUT2D eigenvalue weighted by Gasteiger charge is -2.12. The van der Waals surface area contributed by atoms with E-state index in [4.69, 9.17) is 4.74 Å². The zero-order valence-corrected chi connectivity index (χ0v) is 12.7. The fourth-order valence-corrected chi connectivity index (χ4v) is 3.55. The molecule has 6 heteroatoms. The third kappa shape index (κ3) is 2.63. The van der Waals surface area contributed by atoms with Crippen LogP contribution >= 0.6 is 0 Å². The molecule has 0 N–H and O–H groups in total. The van der Waals surface area contributed by atoms with Crippen LogP contribution in [0.2, 0.25) is 0 Å². The molecule has 0 spiro atoms. The largest absolute Gasteiger partial charge is 0.404 e. The van der Waals surface area contributed by atoms with Crippen molar-refractivity contribution in [3.63, 3.8) is 0 Å². The van der Waals surface area contributed by atoms with Crippen molar-refractivity contribution in [1.29, 1.82) is 0 Å². The van der Waals surface area contributed by atoms with Crippen LogP contribution in [0.15, 0.2) is 30.3 Å². The molecule has 0 saturated carbocycles. The first kappa shape index (κ1) is 14.0. The van der Waals surface area contributed by atoms with Crippen molar-refractivity contribution in [1.82, 2.24) is 9.78 Å². The fourth-order valence-electron chi connectivity index (χ4n) is 2.30. The van der Waals surface area contributed by atoms with Gasteiger partial charge in [0.25, 0.3) is 0 Å². The third-order valence-corrected chi connectivity index (χ3v) is 4.54. The summed E-state index contributed by atoms with van der Waals surface area (Å²) >= 11 is 0. The van der Waals surface area contributed by atoms with E-state index >= 15 is 0 Å². The van der Waals surface area contributed by atoms with Crippen LogP contribution < -0.4 is 4.74 Å². The molecule has 2 heterocycles. The maximum atomic E-state index is 12.2. The molecule has 21 heavy (non-hydrogen) atoms. The number of hydrogen-bond donors (Lipinski definition) is 0. The van der Waals surface area contributed by atoms with Crippen LogP contribution in [0.5, 0.6) is 5.88 Å². The molecular formula is C15H16N2O3S. The van der Waals surface area contributed by atoms with Gasteiger partial charge in [-0.25, -0.2) is 9.48 Å². The van der Waals surface area contributed by atoms with E-state index in [1.165, 1.54) is 0 Å². The lowest BCUT2D eigenvalue weighted by atomic mass is 10.2. The van der Waals surface area contributed by atoms with Gasteiger partial charge >= 0.3 is 5.97 Å². The summed E-state index contributed by atoms with van der Waals surface area (Å²) in [5.41, 5.74) is 2.06. The highest BCUT2D eigenvalue weighted by molar-refractivity contribution is 7.83. The summed E-state index contributed by atoms with van der Waals surface area (Å²) in [4.78, 5) is 12.2. The normalized spacial score (nSPS) is 17.0. The van der Waals surface area contributed by atoms with Gasteiger partial charge < -0.3 is 4.74 Å². The Morgan fingerprint density at radius 1 is 1.29 bits per heavy atom. The molecule has 3 rings (SSSR count). The molecule has 5 nitrogen and oxygen atoms in total. The molecule has 1 aromatic heterocycles. The number of carbonyl (C=O) groups is 1. The van der Waals surface area contributed by atoms with Crippen molar-refractivity contribution >= 4 is 16.8 Å². The number of carbonyl (C=O) groups excluding carboxylic acids is 1. The molecular weight excluding hydrogens is 288 g/mol. The van der Waals surface area contributed by atoms with Gasteiger partial charge in [-0.15, -0.1) is 0 Å². The minimum atomic E-state index is -0.946. The number of ether oxygens (including phenoxy) is 1. The van der Waals surface area contributed by atoms with E-state index in [1.54, 1.807) is 28.9 Å². The number of rotatable bonds is 3. The summed E-state index contributed by atoms with van der Waals surface area (Å²) in [6.07, 6.45) is 0. The van der Waals surface area contributed by atoms with Crippen LogP contribution in [0, 0.1) is 0 Å². The fraction of sp³-hybridized carbons (Fsp3) is 0.333. The summed E-state index contributed by atoms with van der Waals surface area (Å²) in [7, 11) is -0.946. The van der Waals surface area contributed by atoms with E-state index in [1.807, 2.05) is 19.9 Å². The molecule has 110 valence electrons. The smallest absolute Gasteiger partial charge is 0.344 e. The van der Waals surface area contributed by atoms with Gasteiger partial charge in [0.05, 0.1) is 34.4 Å². The second kappa shape index (κ2) is 5.44. The van der Waals surface area contributed by atoms with Crippen molar-refractivity contribution in [3.05, 3.63) is 47.2 Å². The van der Waals surface area contributed by atoms with Crippen molar-refractivity contribution in [3.8, 4) is 5.88 Å². The van der Waals surface area contributed by atoms with E-state index in [-0.39, 0.29) is 6.04 Å². The van der Waals surface area contributed by atoms with E-state index in [0.717, 1.165) is 11.3 Å². The molecule has 1 unspecified atom stereocenters. The van der Waals surface area contributed by atoms with Crippen LogP contribution in [0.3, 0.4) is 0 Å². The monoisotopic (exact) mass is 304 g/mol. The quantitative estimate of drug-likeness (QED) is 0.817. The number of aromatic nitrogens is 2. The summed E-state index contributed by atoms with van der Waals surface area (Å²) in [6.45, 7) is 3.94. The number of fused-ring (bicyclic) bond motifs is 1. The maximum absolute atomic E-state index is 12.2. The Morgan fingerprint density at radius 3 is 2.67 bits per heavy atom. The van der Waals surface area contributed by atoms with Gasteiger partial charge in [-0.1, -0.05) is 18.2 Å². The minimum absolute atomic E-state index is 0.0719. The highest BCUT2D eigenvalue weighted by Crippen LogP contribution is 2.33. The predicted molar refractivity (Wildman–Crippen MR) is 79.6 cm³/mol. The van der Waals surface area contributed by atoms with Crippen molar-refractivity contribution in [2.75, 3.05) is 0 Å². The molecule has 0 fully saturated rings. The highest BCUT2D eigenvalue weighted by Gasteiger charge is 2.30. The topological polar surface area (TPSA) is 61.2 Å². The van der Waals surface area contributed by atoms with Crippen LogP contribution in [0.4, 0.5) is 0 Å². The SMILES string of the molecule is CC(C)n1nc2c(c1OC(=O)c1ccccc1)CS(=O)C2. The molecule has 0 saturated heterocycles. The van der Waals surface area contributed by atoms with Crippen LogP contribution in [0.1, 0.15) is 41.5 Å². The number of esters is 1. The second-order valence-electron chi connectivity index (χ2n) is 5.25. The summed E-state index contributed by atoms with van der Waals surface area (Å²) < 4.78 is 18.9. The van der Waals surface area contributed by atoms with Gasteiger partial charge in [0, 0.05) is 10.8 Å². The first-order valence-electron chi connectivity index (χ1n) is 6.78. The number of nitrogens with zero attached hydrogens (tertiary/aromatic N) is 2. The Bertz CT molecular complexity index is 707. The lowest BCUT2D eigenvalue weighted by molar-refractivity contribution is 0.0714. The second-order valence-corrected chi connectivity index (χ2v) is 6.71. The van der Waals surface area contributed by atoms with Gasteiger partial charge in [-0.2, -0.15) is 5.10 Å². The van der Waals surface area contributed by atoms with E-state index in [2.05, 4.69) is 5.10 Å². The van der Waals surface area contributed by atoms with E-state index < -0.39 is 16.8 Å². The molecule has 0 aliphatic carbocycles. The Balaban J connectivity index is 1.95. The maximum Gasteiger partial charge on any atom is 0.344 e. The zero-order chi connectivity index (χ0) is 15.0. The Labute approximate surface area is 125 Å². The molecule has 1 aliphatic heterocycles. The van der Waals surface area contributed by atoms with Crippen molar-refractivity contribution in [2.24, 2.45) is 0 Å². The average molecular weight is 304 g/mol. The van der Waals surface area contributed by atoms with E-state index in [0.29, 0.717) is 22.9 Å². The lowest BCUT2D eigenvalue weighted by Crippen LogP contribution is -2.15. The molecule has 0 bridgehead atoms. The van der Waals surface area contributed by atoms with Gasteiger partial charge in [0.1, 0.15) is 0 Å². The summed E-state index contributed by atoms with van der Waals surface area (Å²) in [6, 6.07) is 8.90. The van der Waals surface area contributed by atoms with Crippen LogP contribution in [-0.4, -0.2) is 20.0 Å². The Kier molecular flexibility index (Phi) is 3.63. The molecule has 0 amide bonds. The zero-order valence-electron chi connectivity index (χ0n) is 11.9. The minimum Gasteiger partial charge on any atom is -0.404 e. The van der Waals surface area contributed by atoms with Gasteiger partial charge in [-0.05, 0) is 26.0 Å². The van der Waals surface area contributed by atoms with Gasteiger partial charge in [0.2, 0.25) is 5.88 Å². The average Bonchev–Trinajstić information content (AvgIpc) is 2.97. The highest BCUT2D eigenvalue weighted by atomic mass is 32.2. The Morgan fingerprint density at radius 2 is 2.00 bits per heavy atom. The van der Waals surface area contributed by atoms with Gasteiger partial charge in [0.15, 0.2) is 0 Å². The van der Waals surface area contributed by atoms with Crippen molar-refractivity contribution in [2.45, 2.75) is 31.4 Å². The molecule has 0 radical (unpaired) electrons. The Hall–Kier alpha value is -1.95. The molecule has 1 atom stereocenters. The van der Waals surface area contributed by atoms with E-state index in [9.17, 15) is 9.00 Å². The summed E-state index contributed by atoms with van der Waals surface area (Å²) in [5.74, 6) is 0.849. The predicted octanol–water partition coefficient (Wildman–Crippen LogP) is 2.45. The standard InChI is InChI=1S/C15H16N2O3S/c1-10(2)17-14(12-8-21(19)9-13(12)16-17)20-15(18)11-6-4-3-5-7-11/h3-7,10H,8-9H2,1-2H3. The van der Waals surface area contributed by atoms with Crippen LogP contribution in [0.25, 0.3) is 0 Å². The number of benzene rings is 1. The summed E-state index contributed by atoms with van der Waals surface area (Å²) in [5, 5.41) is 4.43. The number of hydrogen-bond acceptors (Lipinski definition) is 4. The first-order chi connectivity index (χ1) is 10.1. The first-order valence-corrected chi connectivity index (χ1v) is 8.27. The molecule has 2 aromatic rings. The molecule has 1 aromatic carbocycles. The van der Waals surface area contributed by atoms with Gasteiger partial charge in [-0.3, -0.25) is 4.21 Å². The third-order valence-electron chi connectivity index (χ3n) is 3.33. The molecule has 1 aliphatic rings.